The van der Waals surface area contributed by atoms with Crippen molar-refractivity contribution in [3.63, 3.8) is 0 Å². The van der Waals surface area contributed by atoms with Gasteiger partial charge in [0.05, 0.1) is 18.2 Å². The molecule has 3 aromatic rings. The number of methoxy groups -OCH3 is 1. The minimum absolute atomic E-state index is 0.0177. The van der Waals surface area contributed by atoms with Gasteiger partial charge in [-0.25, -0.2) is 9.37 Å². The molecule has 1 saturated heterocycles. The van der Waals surface area contributed by atoms with Crippen LogP contribution in [-0.4, -0.2) is 42.5 Å². The van der Waals surface area contributed by atoms with Crippen LogP contribution in [0.4, 0.5) is 10.2 Å². The highest BCUT2D eigenvalue weighted by atomic mass is 35.5. The van der Waals surface area contributed by atoms with Crippen LogP contribution in [0.2, 0.25) is 5.02 Å². The summed E-state index contributed by atoms with van der Waals surface area (Å²) in [4.78, 5) is 17.0. The lowest BCUT2D eigenvalue weighted by molar-refractivity contribution is 0.0901. The van der Waals surface area contributed by atoms with Crippen LogP contribution in [-0.2, 0) is 4.74 Å². The van der Waals surface area contributed by atoms with Crippen molar-refractivity contribution in [2.75, 3.05) is 26.0 Å². The number of aliphatic hydroxyl groups is 1. The molecule has 34 heavy (non-hydrogen) atoms. The first-order valence-corrected chi connectivity index (χ1v) is 11.3. The number of nitrogens with two attached hydrogens (primary N) is 1. The van der Waals surface area contributed by atoms with E-state index in [-0.39, 0.29) is 30.1 Å². The molecule has 1 fully saturated rings. The number of hydrogen-bond donors (Lipinski definition) is 4. The zero-order valence-corrected chi connectivity index (χ0v) is 19.3. The van der Waals surface area contributed by atoms with Crippen LogP contribution in [0.15, 0.2) is 54.7 Å². The Labute approximate surface area is 202 Å². The van der Waals surface area contributed by atoms with Crippen LogP contribution >= 0.6 is 11.6 Å². The molecule has 2 heterocycles. The lowest BCUT2D eigenvalue weighted by atomic mass is 9.95. The van der Waals surface area contributed by atoms with Crippen molar-refractivity contribution in [1.29, 1.82) is 0 Å². The maximum absolute atomic E-state index is 15.0. The smallest absolute Gasteiger partial charge is 0.254 e. The van der Waals surface area contributed by atoms with E-state index in [0.717, 1.165) is 18.5 Å². The Hall–Kier alpha value is -3.04. The van der Waals surface area contributed by atoms with Gasteiger partial charge in [-0.1, -0.05) is 29.8 Å². The largest absolute Gasteiger partial charge is 0.394 e. The summed E-state index contributed by atoms with van der Waals surface area (Å²) in [5, 5.41) is 16.1. The van der Waals surface area contributed by atoms with Crippen LogP contribution in [0, 0.1) is 5.82 Å². The summed E-state index contributed by atoms with van der Waals surface area (Å²) in [5.41, 5.74) is 8.65. The third-order valence-corrected chi connectivity index (χ3v) is 6.28. The molecule has 2 aromatic carbocycles. The molecule has 178 valence electrons. The number of nitrogens with zero attached hydrogens (tertiary/aromatic N) is 1. The predicted octanol–water partition coefficient (Wildman–Crippen LogP) is 3.64. The Balaban J connectivity index is 1.55. The zero-order chi connectivity index (χ0) is 24.2. The normalized spacial score (nSPS) is 18.6. The van der Waals surface area contributed by atoms with Gasteiger partial charge in [-0.3, -0.25) is 10.1 Å². The minimum atomic E-state index is -0.724. The molecule has 0 radical (unpaired) electrons. The van der Waals surface area contributed by atoms with Gasteiger partial charge in [-0.05, 0) is 53.4 Å². The summed E-state index contributed by atoms with van der Waals surface area (Å²) < 4.78 is 20.4. The second-order valence-electron chi connectivity index (χ2n) is 8.22. The Morgan fingerprint density at radius 3 is 2.85 bits per heavy atom. The number of amides is 1. The van der Waals surface area contributed by atoms with Crippen molar-refractivity contribution in [3.05, 3.63) is 82.3 Å². The van der Waals surface area contributed by atoms with Gasteiger partial charge < -0.3 is 20.9 Å². The van der Waals surface area contributed by atoms with Crippen molar-refractivity contribution in [3.8, 4) is 11.1 Å². The average Bonchev–Trinajstić information content (AvgIpc) is 3.32. The number of anilines is 1. The summed E-state index contributed by atoms with van der Waals surface area (Å²) in [7, 11) is 1.66. The summed E-state index contributed by atoms with van der Waals surface area (Å²) in [6.07, 6.45) is 2.51. The molecule has 1 aliphatic rings. The number of nitrogen functional groups attached to an aromatic ring is 1. The third kappa shape index (κ3) is 5.20. The van der Waals surface area contributed by atoms with Crippen LogP contribution < -0.4 is 16.4 Å². The van der Waals surface area contributed by atoms with Crippen LogP contribution in [0.25, 0.3) is 11.1 Å². The van der Waals surface area contributed by atoms with Gasteiger partial charge in [0.1, 0.15) is 17.9 Å². The Morgan fingerprint density at radius 2 is 2.18 bits per heavy atom. The number of nitrogens with one attached hydrogen (secondary N) is 2. The Morgan fingerprint density at radius 1 is 1.35 bits per heavy atom. The van der Waals surface area contributed by atoms with E-state index >= 15 is 4.39 Å². The highest BCUT2D eigenvalue weighted by molar-refractivity contribution is 6.30. The van der Waals surface area contributed by atoms with Gasteiger partial charge >= 0.3 is 0 Å². The molecule has 4 rings (SSSR count). The molecule has 0 spiro atoms. The van der Waals surface area contributed by atoms with Crippen molar-refractivity contribution < 1.29 is 19.0 Å². The highest BCUT2D eigenvalue weighted by Crippen LogP contribution is 2.32. The zero-order valence-electron chi connectivity index (χ0n) is 18.6. The quantitative estimate of drug-likeness (QED) is 0.407. The number of hydrogen-bond acceptors (Lipinski definition) is 6. The standard InChI is InChI=1S/C25H26ClFN4O3/c1-34-23-10-17(11-29-23)16-8-20(24(28)30-12-16)14-5-6-19(21(27)9-14)25(33)31-22(13-32)15-3-2-4-18(26)7-15/h2-9,12,17,22-23,29,32H,10-11,13H2,1H3,(H2,28,30)(H,31,33)/t17-,22+,23+/m0/s1. The van der Waals surface area contributed by atoms with E-state index < -0.39 is 17.8 Å². The second kappa shape index (κ2) is 10.5. The molecule has 9 heteroatoms. The molecule has 0 aliphatic carbocycles. The monoisotopic (exact) mass is 484 g/mol. The number of rotatable bonds is 7. The van der Waals surface area contributed by atoms with Crippen LogP contribution in [0.1, 0.15) is 39.9 Å². The first-order chi connectivity index (χ1) is 16.4. The van der Waals surface area contributed by atoms with Crippen molar-refractivity contribution >= 4 is 23.3 Å². The van der Waals surface area contributed by atoms with Crippen LogP contribution in [0.5, 0.6) is 0 Å². The molecule has 5 N–H and O–H groups in total. The number of aromatic nitrogens is 1. The van der Waals surface area contributed by atoms with Crippen molar-refractivity contribution in [2.24, 2.45) is 0 Å². The lowest BCUT2D eigenvalue weighted by Crippen LogP contribution is -2.31. The minimum Gasteiger partial charge on any atom is -0.394 e. The van der Waals surface area contributed by atoms with Crippen LogP contribution in [0.3, 0.4) is 0 Å². The van der Waals surface area contributed by atoms with Gasteiger partial charge in [-0.15, -0.1) is 0 Å². The Bertz CT molecular complexity index is 1190. The van der Waals surface area contributed by atoms with E-state index in [4.69, 9.17) is 22.1 Å². The molecule has 1 aliphatic heterocycles. The fourth-order valence-electron chi connectivity index (χ4n) is 4.14. The first-order valence-electron chi connectivity index (χ1n) is 10.9. The Kier molecular flexibility index (Phi) is 7.43. The number of aliphatic hydroxyl groups excluding tert-OH is 1. The highest BCUT2D eigenvalue weighted by Gasteiger charge is 2.26. The van der Waals surface area contributed by atoms with E-state index in [2.05, 4.69) is 15.6 Å². The molecule has 1 aromatic heterocycles. The number of carbonyl (C=O) groups excluding carboxylic acids is 1. The molecule has 1 amide bonds. The molecular formula is C25H26ClFN4O3. The number of halogens is 2. The first kappa shape index (κ1) is 24.1. The maximum atomic E-state index is 15.0. The molecule has 0 unspecified atom stereocenters. The molecule has 0 bridgehead atoms. The lowest BCUT2D eigenvalue weighted by Gasteiger charge is -2.18. The third-order valence-electron chi connectivity index (χ3n) is 6.05. The summed E-state index contributed by atoms with van der Waals surface area (Å²) in [5.74, 6) is -0.875. The van der Waals surface area contributed by atoms with Crippen molar-refractivity contribution in [1.82, 2.24) is 15.6 Å². The molecule has 7 nitrogen and oxygen atoms in total. The van der Waals surface area contributed by atoms with E-state index in [1.807, 2.05) is 6.07 Å². The maximum Gasteiger partial charge on any atom is 0.254 e. The SMILES string of the molecule is CO[C@@H]1C[C@H](c2cnc(N)c(-c3ccc(C(=O)N[C@H](CO)c4cccc(Cl)c4)c(F)c3)c2)CN1. The van der Waals surface area contributed by atoms with Gasteiger partial charge in [0.15, 0.2) is 0 Å². The number of ether oxygens (including phenoxy) is 1. The number of pyridine rings is 1. The van der Waals surface area contributed by atoms with E-state index in [0.29, 0.717) is 21.7 Å². The summed E-state index contributed by atoms with van der Waals surface area (Å²) in [6, 6.07) is 12.2. The van der Waals surface area contributed by atoms with Gasteiger partial charge in [0, 0.05) is 36.4 Å². The van der Waals surface area contributed by atoms with E-state index in [1.54, 1.807) is 43.6 Å². The second-order valence-corrected chi connectivity index (χ2v) is 8.66. The van der Waals surface area contributed by atoms with E-state index in [9.17, 15) is 9.90 Å². The van der Waals surface area contributed by atoms with Gasteiger partial charge in [-0.2, -0.15) is 0 Å². The molecule has 3 atom stereocenters. The summed E-state index contributed by atoms with van der Waals surface area (Å²) in [6.45, 7) is 0.385. The van der Waals surface area contributed by atoms with Gasteiger partial charge in [0.25, 0.3) is 5.91 Å². The van der Waals surface area contributed by atoms with E-state index in [1.165, 1.54) is 12.1 Å². The number of carbonyl (C=O) groups is 1. The average molecular weight is 485 g/mol. The van der Waals surface area contributed by atoms with Crippen molar-refractivity contribution in [2.45, 2.75) is 24.6 Å². The number of benzene rings is 2. The summed E-state index contributed by atoms with van der Waals surface area (Å²) >= 11 is 6.00. The topological polar surface area (TPSA) is 110 Å². The fraction of sp³-hybridized carbons (Fsp3) is 0.280. The molecular weight excluding hydrogens is 459 g/mol. The predicted molar refractivity (Wildman–Crippen MR) is 129 cm³/mol. The van der Waals surface area contributed by atoms with Gasteiger partial charge in [0.2, 0.25) is 0 Å². The fourth-order valence-corrected chi connectivity index (χ4v) is 4.34. The molecule has 0 saturated carbocycles.